The number of nitrogens with one attached hydrogen (secondary N) is 1. The van der Waals surface area contributed by atoms with E-state index in [4.69, 9.17) is 4.74 Å². The number of carbonyl (C=O) groups is 1. The first-order valence-electron chi connectivity index (χ1n) is 9.63. The predicted molar refractivity (Wildman–Crippen MR) is 111 cm³/mol. The highest BCUT2D eigenvalue weighted by Crippen LogP contribution is 2.21. The Morgan fingerprint density at radius 1 is 1.00 bits per heavy atom. The minimum absolute atomic E-state index is 0.0628. The highest BCUT2D eigenvalue weighted by Gasteiger charge is 2.14. The normalized spacial score (nSPS) is 11.9. The Labute approximate surface area is 161 Å². The molecule has 0 aliphatic carbocycles. The molecule has 3 rings (SSSR count). The van der Waals surface area contributed by atoms with Crippen LogP contribution in [-0.2, 0) is 17.6 Å². The summed E-state index contributed by atoms with van der Waals surface area (Å²) < 4.78 is 5.70. The fraction of sp³-hybridized carbons (Fsp3) is 0.292. The second-order valence-electron chi connectivity index (χ2n) is 6.88. The fourth-order valence-corrected chi connectivity index (χ4v) is 3.23. The van der Waals surface area contributed by atoms with Gasteiger partial charge in [-0.05, 0) is 46.9 Å². The zero-order valence-electron chi connectivity index (χ0n) is 16.1. The maximum Gasteiger partial charge on any atom is 0.223 e. The van der Waals surface area contributed by atoms with Crippen molar-refractivity contribution in [2.24, 2.45) is 5.92 Å². The Balaban J connectivity index is 1.47. The zero-order valence-corrected chi connectivity index (χ0v) is 16.1. The number of aryl methyl sites for hydroxylation is 1. The molecule has 0 bridgehead atoms. The van der Waals surface area contributed by atoms with E-state index in [0.29, 0.717) is 13.2 Å². The maximum absolute atomic E-state index is 12.4. The van der Waals surface area contributed by atoms with Gasteiger partial charge in [-0.25, -0.2) is 0 Å². The number of benzene rings is 3. The summed E-state index contributed by atoms with van der Waals surface area (Å²) in [7, 11) is 0. The molecule has 3 aromatic rings. The number of carbonyl (C=O) groups excluding carboxylic acids is 1. The molecule has 0 saturated carbocycles. The largest absolute Gasteiger partial charge is 0.492 e. The van der Waals surface area contributed by atoms with Crippen molar-refractivity contribution in [3.8, 4) is 5.75 Å². The molecule has 0 saturated heterocycles. The molecule has 0 aliphatic rings. The van der Waals surface area contributed by atoms with Crippen molar-refractivity contribution in [3.05, 3.63) is 77.9 Å². The molecule has 0 heterocycles. The SMILES string of the molecule is CCc1ccc(OCCNC(=O)C(C)Cc2cccc3ccccc23)cc1. The summed E-state index contributed by atoms with van der Waals surface area (Å²) in [5, 5.41) is 5.41. The molecule has 0 spiro atoms. The fourth-order valence-electron chi connectivity index (χ4n) is 3.23. The summed E-state index contributed by atoms with van der Waals surface area (Å²) in [6, 6.07) is 22.7. The van der Waals surface area contributed by atoms with Crippen LogP contribution in [0.25, 0.3) is 10.8 Å². The summed E-state index contributed by atoms with van der Waals surface area (Å²) in [4.78, 5) is 12.4. The Morgan fingerprint density at radius 3 is 2.52 bits per heavy atom. The Hall–Kier alpha value is -2.81. The van der Waals surface area contributed by atoms with Crippen LogP contribution in [0.3, 0.4) is 0 Å². The van der Waals surface area contributed by atoms with Crippen LogP contribution < -0.4 is 10.1 Å². The topological polar surface area (TPSA) is 38.3 Å². The quantitative estimate of drug-likeness (QED) is 0.587. The highest BCUT2D eigenvalue weighted by molar-refractivity contribution is 5.86. The monoisotopic (exact) mass is 361 g/mol. The third-order valence-electron chi connectivity index (χ3n) is 4.86. The van der Waals surface area contributed by atoms with Gasteiger partial charge in [-0.3, -0.25) is 4.79 Å². The van der Waals surface area contributed by atoms with Gasteiger partial charge in [-0.2, -0.15) is 0 Å². The van der Waals surface area contributed by atoms with E-state index in [-0.39, 0.29) is 11.8 Å². The second-order valence-corrected chi connectivity index (χ2v) is 6.88. The van der Waals surface area contributed by atoms with Crippen LogP contribution in [0.2, 0.25) is 0 Å². The summed E-state index contributed by atoms with van der Waals surface area (Å²) >= 11 is 0. The van der Waals surface area contributed by atoms with Gasteiger partial charge in [0.1, 0.15) is 12.4 Å². The number of hydrogen-bond donors (Lipinski definition) is 1. The molecule has 3 nitrogen and oxygen atoms in total. The van der Waals surface area contributed by atoms with Gasteiger partial charge < -0.3 is 10.1 Å². The molecule has 1 atom stereocenters. The summed E-state index contributed by atoms with van der Waals surface area (Å²) in [5.41, 5.74) is 2.50. The van der Waals surface area contributed by atoms with Crippen LogP contribution >= 0.6 is 0 Å². The predicted octanol–water partition coefficient (Wildman–Crippen LogP) is 4.78. The minimum Gasteiger partial charge on any atom is -0.492 e. The number of hydrogen-bond acceptors (Lipinski definition) is 2. The third-order valence-corrected chi connectivity index (χ3v) is 4.86. The van der Waals surface area contributed by atoms with Crippen LogP contribution in [0.15, 0.2) is 66.7 Å². The number of fused-ring (bicyclic) bond motifs is 1. The molecule has 27 heavy (non-hydrogen) atoms. The van der Waals surface area contributed by atoms with E-state index in [1.54, 1.807) is 0 Å². The van der Waals surface area contributed by atoms with Gasteiger partial charge in [0.15, 0.2) is 0 Å². The Kier molecular flexibility index (Phi) is 6.48. The van der Waals surface area contributed by atoms with Crippen molar-refractivity contribution in [3.63, 3.8) is 0 Å². The summed E-state index contributed by atoms with van der Waals surface area (Å²) in [6.07, 6.45) is 1.75. The van der Waals surface area contributed by atoms with Crippen LogP contribution in [0.4, 0.5) is 0 Å². The second kappa shape index (κ2) is 9.22. The molecule has 0 radical (unpaired) electrons. The van der Waals surface area contributed by atoms with Crippen molar-refractivity contribution in [1.29, 1.82) is 0 Å². The van der Waals surface area contributed by atoms with Gasteiger partial charge in [0.25, 0.3) is 0 Å². The van der Waals surface area contributed by atoms with Crippen LogP contribution in [0.1, 0.15) is 25.0 Å². The van der Waals surface area contributed by atoms with E-state index >= 15 is 0 Å². The first-order chi connectivity index (χ1) is 13.2. The van der Waals surface area contributed by atoms with Crippen molar-refractivity contribution in [2.75, 3.05) is 13.2 Å². The number of rotatable bonds is 8. The molecule has 1 amide bonds. The lowest BCUT2D eigenvalue weighted by Crippen LogP contribution is -2.33. The average molecular weight is 361 g/mol. The van der Waals surface area contributed by atoms with Crippen LogP contribution in [0, 0.1) is 5.92 Å². The van der Waals surface area contributed by atoms with E-state index in [2.05, 4.69) is 54.7 Å². The van der Waals surface area contributed by atoms with Crippen molar-refractivity contribution >= 4 is 16.7 Å². The smallest absolute Gasteiger partial charge is 0.223 e. The lowest BCUT2D eigenvalue weighted by atomic mass is 9.95. The van der Waals surface area contributed by atoms with E-state index in [1.165, 1.54) is 21.9 Å². The van der Waals surface area contributed by atoms with Gasteiger partial charge >= 0.3 is 0 Å². The lowest BCUT2D eigenvalue weighted by molar-refractivity contribution is -0.124. The van der Waals surface area contributed by atoms with Gasteiger partial charge in [-0.1, -0.05) is 68.4 Å². The lowest BCUT2D eigenvalue weighted by Gasteiger charge is -2.14. The molecular formula is C24H27NO2. The van der Waals surface area contributed by atoms with Crippen molar-refractivity contribution < 1.29 is 9.53 Å². The van der Waals surface area contributed by atoms with Gasteiger partial charge in [0, 0.05) is 5.92 Å². The summed E-state index contributed by atoms with van der Waals surface area (Å²) in [5.74, 6) is 0.817. The van der Waals surface area contributed by atoms with Crippen LogP contribution in [-0.4, -0.2) is 19.1 Å². The number of amides is 1. The highest BCUT2D eigenvalue weighted by atomic mass is 16.5. The minimum atomic E-state index is -0.0837. The van der Waals surface area contributed by atoms with E-state index in [0.717, 1.165) is 18.6 Å². The average Bonchev–Trinajstić information content (AvgIpc) is 2.71. The maximum atomic E-state index is 12.4. The Bertz CT molecular complexity index is 881. The molecule has 1 N–H and O–H groups in total. The van der Waals surface area contributed by atoms with Crippen molar-refractivity contribution in [2.45, 2.75) is 26.7 Å². The van der Waals surface area contributed by atoms with E-state index in [1.807, 2.05) is 31.2 Å². The molecule has 140 valence electrons. The molecule has 3 aromatic carbocycles. The standard InChI is InChI=1S/C24H27NO2/c1-3-19-11-13-22(14-12-19)27-16-15-25-24(26)18(2)17-21-9-6-8-20-7-4-5-10-23(20)21/h4-14,18H,3,15-17H2,1-2H3,(H,25,26). The van der Waals surface area contributed by atoms with E-state index < -0.39 is 0 Å². The first kappa shape index (κ1) is 19.0. The van der Waals surface area contributed by atoms with Gasteiger partial charge in [0.2, 0.25) is 5.91 Å². The molecule has 1 unspecified atom stereocenters. The van der Waals surface area contributed by atoms with Crippen LogP contribution in [0.5, 0.6) is 5.75 Å². The Morgan fingerprint density at radius 2 is 1.74 bits per heavy atom. The van der Waals surface area contributed by atoms with Crippen molar-refractivity contribution in [1.82, 2.24) is 5.32 Å². The summed E-state index contributed by atoms with van der Waals surface area (Å²) in [6.45, 7) is 5.08. The molecule has 0 aromatic heterocycles. The van der Waals surface area contributed by atoms with Gasteiger partial charge in [0.05, 0.1) is 6.54 Å². The van der Waals surface area contributed by atoms with E-state index in [9.17, 15) is 4.79 Å². The molecular weight excluding hydrogens is 334 g/mol. The third kappa shape index (κ3) is 5.10. The molecule has 0 fully saturated rings. The zero-order chi connectivity index (χ0) is 19.1. The number of ether oxygens (including phenoxy) is 1. The first-order valence-corrected chi connectivity index (χ1v) is 9.63. The molecule has 3 heteroatoms. The molecule has 0 aliphatic heterocycles. The van der Waals surface area contributed by atoms with Gasteiger partial charge in [-0.15, -0.1) is 0 Å².